The van der Waals surface area contributed by atoms with E-state index in [1.54, 1.807) is 26.4 Å². The van der Waals surface area contributed by atoms with E-state index >= 15 is 0 Å². The molecule has 3 rings (SSSR count). The third-order valence-corrected chi connectivity index (χ3v) is 3.75. The van der Waals surface area contributed by atoms with Gasteiger partial charge in [-0.25, -0.2) is 0 Å². The van der Waals surface area contributed by atoms with Gasteiger partial charge in [0.2, 0.25) is 0 Å². The minimum atomic E-state index is 0.00443. The second-order valence-corrected chi connectivity index (χ2v) is 5.13. The minimum absolute atomic E-state index is 0.00443. The highest BCUT2D eigenvalue weighted by molar-refractivity contribution is 6.15. The Hall–Kier alpha value is -2.75. The third-order valence-electron chi connectivity index (χ3n) is 3.75. The maximum absolute atomic E-state index is 12.4. The van der Waals surface area contributed by atoms with Crippen LogP contribution in [0.4, 0.5) is 0 Å². The highest BCUT2D eigenvalue weighted by Crippen LogP contribution is 2.32. The molecule has 0 unspecified atom stereocenters. The number of fused-ring (bicyclic) bond motifs is 1. The first-order valence-electron chi connectivity index (χ1n) is 6.91. The number of Topliss-reactive ketones (excluding diaryl/α,β-unsaturated/α-hetero) is 1. The molecule has 0 amide bonds. The van der Waals surface area contributed by atoms with E-state index in [-0.39, 0.29) is 11.5 Å². The highest BCUT2D eigenvalue weighted by atomic mass is 16.5. The van der Waals surface area contributed by atoms with Crippen LogP contribution in [0.15, 0.2) is 42.0 Å². The number of ether oxygens (including phenoxy) is 2. The van der Waals surface area contributed by atoms with Gasteiger partial charge in [-0.15, -0.1) is 0 Å². The van der Waals surface area contributed by atoms with Crippen LogP contribution in [0.5, 0.6) is 17.2 Å². The lowest BCUT2D eigenvalue weighted by Gasteiger charge is -2.08. The number of aromatic hydroxyl groups is 1. The molecule has 0 heterocycles. The summed E-state index contributed by atoms with van der Waals surface area (Å²) in [4.78, 5) is 12.4. The van der Waals surface area contributed by atoms with Crippen LogP contribution in [0, 0.1) is 0 Å². The highest BCUT2D eigenvalue weighted by Gasteiger charge is 2.24. The van der Waals surface area contributed by atoms with Gasteiger partial charge in [0.1, 0.15) is 5.75 Å². The average Bonchev–Trinajstić information content (AvgIpc) is 2.82. The number of methoxy groups -OCH3 is 2. The molecule has 4 nitrogen and oxygen atoms in total. The molecule has 0 aromatic heterocycles. The Balaban J connectivity index is 1.96. The Morgan fingerprint density at radius 2 is 1.82 bits per heavy atom. The summed E-state index contributed by atoms with van der Waals surface area (Å²) < 4.78 is 10.5. The van der Waals surface area contributed by atoms with Crippen LogP contribution in [0.25, 0.3) is 6.08 Å². The van der Waals surface area contributed by atoms with Crippen LogP contribution >= 0.6 is 0 Å². The van der Waals surface area contributed by atoms with Crippen LogP contribution < -0.4 is 9.47 Å². The molecule has 0 saturated carbocycles. The summed E-state index contributed by atoms with van der Waals surface area (Å²) in [5.74, 6) is 1.46. The number of hydrogen-bond acceptors (Lipinski definition) is 4. The molecule has 22 heavy (non-hydrogen) atoms. The summed E-state index contributed by atoms with van der Waals surface area (Å²) in [6, 6.07) is 10.4. The zero-order valence-electron chi connectivity index (χ0n) is 12.4. The Labute approximate surface area is 128 Å². The van der Waals surface area contributed by atoms with E-state index in [4.69, 9.17) is 9.47 Å². The van der Waals surface area contributed by atoms with Gasteiger partial charge in [0.25, 0.3) is 0 Å². The van der Waals surface area contributed by atoms with Crippen LogP contribution in [0.1, 0.15) is 21.5 Å². The van der Waals surface area contributed by atoms with Crippen molar-refractivity contribution < 1.29 is 19.4 Å². The standard InChI is InChI=1S/C18H16O4/c1-21-16-6-3-11(8-17(16)22-2)7-13-9-12-10-14(19)4-5-15(12)18(13)20/h3-8,10,19H,9H2,1-2H3/b13-7+. The molecule has 4 heteroatoms. The third kappa shape index (κ3) is 2.44. The zero-order valence-corrected chi connectivity index (χ0v) is 12.4. The quantitative estimate of drug-likeness (QED) is 0.884. The number of benzene rings is 2. The van der Waals surface area contributed by atoms with E-state index in [0.29, 0.717) is 29.1 Å². The molecular formula is C18H16O4. The number of phenolic OH excluding ortho intramolecular Hbond substituents is 1. The van der Waals surface area contributed by atoms with Crippen molar-refractivity contribution in [1.29, 1.82) is 0 Å². The largest absolute Gasteiger partial charge is 0.508 e. The van der Waals surface area contributed by atoms with E-state index < -0.39 is 0 Å². The summed E-state index contributed by atoms with van der Waals surface area (Å²) >= 11 is 0. The summed E-state index contributed by atoms with van der Waals surface area (Å²) in [5.41, 5.74) is 3.09. The summed E-state index contributed by atoms with van der Waals surface area (Å²) in [7, 11) is 3.16. The van der Waals surface area contributed by atoms with Crippen molar-refractivity contribution in [2.75, 3.05) is 14.2 Å². The molecule has 0 fully saturated rings. The van der Waals surface area contributed by atoms with Crippen molar-refractivity contribution in [3.05, 3.63) is 58.7 Å². The Morgan fingerprint density at radius 3 is 2.55 bits per heavy atom. The van der Waals surface area contributed by atoms with Crippen molar-refractivity contribution in [1.82, 2.24) is 0 Å². The molecule has 1 N–H and O–H groups in total. The number of hydrogen-bond donors (Lipinski definition) is 1. The number of rotatable bonds is 3. The number of allylic oxidation sites excluding steroid dienone is 1. The van der Waals surface area contributed by atoms with Gasteiger partial charge in [0.05, 0.1) is 14.2 Å². The fourth-order valence-electron chi connectivity index (χ4n) is 2.67. The minimum Gasteiger partial charge on any atom is -0.508 e. The van der Waals surface area contributed by atoms with E-state index in [0.717, 1.165) is 11.1 Å². The van der Waals surface area contributed by atoms with Crippen molar-refractivity contribution in [3.63, 3.8) is 0 Å². The van der Waals surface area contributed by atoms with E-state index in [1.165, 1.54) is 6.07 Å². The molecule has 0 radical (unpaired) electrons. The topological polar surface area (TPSA) is 55.8 Å². The Bertz CT molecular complexity index is 775. The molecule has 2 aromatic rings. The Kier molecular flexibility index (Phi) is 3.59. The smallest absolute Gasteiger partial charge is 0.189 e. The van der Waals surface area contributed by atoms with Gasteiger partial charge in [-0.2, -0.15) is 0 Å². The average molecular weight is 296 g/mol. The van der Waals surface area contributed by atoms with Crippen molar-refractivity contribution in [3.8, 4) is 17.2 Å². The fraction of sp³-hybridized carbons (Fsp3) is 0.167. The molecule has 1 aliphatic carbocycles. The van der Waals surface area contributed by atoms with Gasteiger partial charge in [-0.1, -0.05) is 6.07 Å². The molecular weight excluding hydrogens is 280 g/mol. The van der Waals surface area contributed by atoms with Crippen LogP contribution in [-0.4, -0.2) is 25.1 Å². The van der Waals surface area contributed by atoms with E-state index in [1.807, 2.05) is 24.3 Å². The number of ketones is 1. The van der Waals surface area contributed by atoms with Gasteiger partial charge >= 0.3 is 0 Å². The maximum Gasteiger partial charge on any atom is 0.189 e. The second-order valence-electron chi connectivity index (χ2n) is 5.13. The van der Waals surface area contributed by atoms with Gasteiger partial charge < -0.3 is 14.6 Å². The van der Waals surface area contributed by atoms with Crippen LogP contribution in [-0.2, 0) is 6.42 Å². The Morgan fingerprint density at radius 1 is 1.05 bits per heavy atom. The van der Waals surface area contributed by atoms with Gasteiger partial charge in [0.15, 0.2) is 17.3 Å². The molecule has 112 valence electrons. The number of carbonyl (C=O) groups is 1. The lowest BCUT2D eigenvalue weighted by molar-refractivity contribution is 0.104. The normalized spacial score (nSPS) is 15.0. The first-order chi connectivity index (χ1) is 10.6. The van der Waals surface area contributed by atoms with Gasteiger partial charge in [-0.05, 0) is 47.5 Å². The summed E-state index contributed by atoms with van der Waals surface area (Å²) in [6.45, 7) is 0. The fourth-order valence-corrected chi connectivity index (χ4v) is 2.67. The maximum atomic E-state index is 12.4. The van der Waals surface area contributed by atoms with Gasteiger partial charge in [0, 0.05) is 17.6 Å². The zero-order chi connectivity index (χ0) is 15.7. The molecule has 0 atom stereocenters. The first kappa shape index (κ1) is 14.2. The summed E-state index contributed by atoms with van der Waals surface area (Å²) in [5, 5.41) is 9.52. The van der Waals surface area contributed by atoms with Crippen molar-refractivity contribution in [2.45, 2.75) is 6.42 Å². The molecule has 0 aliphatic heterocycles. The van der Waals surface area contributed by atoms with Gasteiger partial charge in [-0.3, -0.25) is 4.79 Å². The molecule has 0 bridgehead atoms. The summed E-state index contributed by atoms with van der Waals surface area (Å²) in [6.07, 6.45) is 2.37. The van der Waals surface area contributed by atoms with E-state index in [9.17, 15) is 9.90 Å². The SMILES string of the molecule is COc1ccc(/C=C2\Cc3cc(O)ccc3C2=O)cc1OC. The predicted octanol–water partition coefficient (Wildman–Crippen LogP) is 3.23. The molecule has 2 aromatic carbocycles. The lowest BCUT2D eigenvalue weighted by Crippen LogP contribution is -1.95. The number of carbonyl (C=O) groups excluding carboxylic acids is 1. The van der Waals surface area contributed by atoms with Crippen LogP contribution in [0.2, 0.25) is 0 Å². The van der Waals surface area contributed by atoms with Crippen molar-refractivity contribution in [2.24, 2.45) is 0 Å². The van der Waals surface area contributed by atoms with E-state index in [2.05, 4.69) is 0 Å². The monoisotopic (exact) mass is 296 g/mol. The van der Waals surface area contributed by atoms with Crippen molar-refractivity contribution >= 4 is 11.9 Å². The predicted molar refractivity (Wildman–Crippen MR) is 83.7 cm³/mol. The van der Waals surface area contributed by atoms with Crippen LogP contribution in [0.3, 0.4) is 0 Å². The molecule has 0 spiro atoms. The second kappa shape index (κ2) is 5.56. The number of phenols is 1. The lowest BCUT2D eigenvalue weighted by atomic mass is 10.1. The first-order valence-corrected chi connectivity index (χ1v) is 6.91. The molecule has 1 aliphatic rings. The molecule has 0 saturated heterocycles.